The highest BCUT2D eigenvalue weighted by Gasteiger charge is 2.30. The summed E-state index contributed by atoms with van der Waals surface area (Å²) in [5.41, 5.74) is 7.96. The van der Waals surface area contributed by atoms with Gasteiger partial charge >= 0.3 is 6.09 Å². The van der Waals surface area contributed by atoms with Crippen molar-refractivity contribution in [3.63, 3.8) is 0 Å². The van der Waals surface area contributed by atoms with Gasteiger partial charge in [0.15, 0.2) is 0 Å². The quantitative estimate of drug-likeness (QED) is 0.477. The first-order valence-electron chi connectivity index (χ1n) is 11.2. The van der Waals surface area contributed by atoms with Crippen LogP contribution in [0.15, 0.2) is 34.4 Å². The molecule has 1 aliphatic carbocycles. The second kappa shape index (κ2) is 8.89. The van der Waals surface area contributed by atoms with Crippen molar-refractivity contribution in [3.05, 3.63) is 62.4 Å². The standard InChI is InChI=1S/C26H31BrN2O3/c1-16-12-18-6-7-19-14-20(27)15-28-24(19)23(22(18)21(13-16)31-5)17-8-10-29(11-9-17)25(30)32-26(2,3)4/h12-15H,6-11H2,1-5H3. The van der Waals surface area contributed by atoms with Gasteiger partial charge in [-0.1, -0.05) is 11.6 Å². The Morgan fingerprint density at radius 2 is 1.75 bits per heavy atom. The van der Waals surface area contributed by atoms with E-state index < -0.39 is 5.60 Å². The summed E-state index contributed by atoms with van der Waals surface area (Å²) in [7, 11) is 1.74. The Labute approximate surface area is 198 Å². The van der Waals surface area contributed by atoms with E-state index in [4.69, 9.17) is 14.5 Å². The largest absolute Gasteiger partial charge is 0.496 e. The van der Waals surface area contributed by atoms with Crippen LogP contribution < -0.4 is 4.74 Å². The summed E-state index contributed by atoms with van der Waals surface area (Å²) in [6.07, 6.45) is 5.10. The van der Waals surface area contributed by atoms with Gasteiger partial charge in [-0.25, -0.2) is 4.79 Å². The SMILES string of the molecule is COc1cc(C)cc2c1C(=C1CCN(C(=O)OC(C)(C)C)CC1)c1ncc(Br)cc1CC2. The topological polar surface area (TPSA) is 51.7 Å². The summed E-state index contributed by atoms with van der Waals surface area (Å²) in [4.78, 5) is 19.3. The number of rotatable bonds is 1. The van der Waals surface area contributed by atoms with Gasteiger partial charge in [-0.05, 0) is 98.1 Å². The molecule has 4 rings (SSSR count). The van der Waals surface area contributed by atoms with E-state index in [-0.39, 0.29) is 6.09 Å². The van der Waals surface area contributed by atoms with E-state index in [0.29, 0.717) is 13.1 Å². The zero-order valence-electron chi connectivity index (χ0n) is 19.5. The lowest BCUT2D eigenvalue weighted by Gasteiger charge is -2.32. The first kappa shape index (κ1) is 22.8. The van der Waals surface area contributed by atoms with E-state index in [1.54, 1.807) is 7.11 Å². The van der Waals surface area contributed by atoms with Crippen molar-refractivity contribution >= 4 is 27.6 Å². The number of fused-ring (bicyclic) bond motifs is 2. The highest BCUT2D eigenvalue weighted by atomic mass is 79.9. The number of ether oxygens (including phenoxy) is 2. The van der Waals surface area contributed by atoms with E-state index in [0.717, 1.165) is 47.2 Å². The van der Waals surface area contributed by atoms with Gasteiger partial charge in [0, 0.05) is 34.9 Å². The average Bonchev–Trinajstić information content (AvgIpc) is 2.88. The molecule has 0 bridgehead atoms. The number of benzene rings is 1. The van der Waals surface area contributed by atoms with E-state index in [1.165, 1.54) is 27.8 Å². The fourth-order valence-electron chi connectivity index (χ4n) is 4.63. The number of pyridine rings is 1. The minimum absolute atomic E-state index is 0.238. The number of aromatic nitrogens is 1. The Morgan fingerprint density at radius 1 is 1.06 bits per heavy atom. The highest BCUT2D eigenvalue weighted by molar-refractivity contribution is 9.10. The van der Waals surface area contributed by atoms with Crippen LogP contribution in [0.2, 0.25) is 0 Å². The maximum Gasteiger partial charge on any atom is 0.410 e. The van der Waals surface area contributed by atoms with Gasteiger partial charge in [0.1, 0.15) is 11.4 Å². The number of hydrogen-bond donors (Lipinski definition) is 0. The first-order chi connectivity index (χ1) is 15.2. The van der Waals surface area contributed by atoms with E-state index in [9.17, 15) is 4.79 Å². The lowest BCUT2D eigenvalue weighted by atomic mass is 9.87. The molecule has 170 valence electrons. The summed E-state index contributed by atoms with van der Waals surface area (Å²) in [5, 5.41) is 0. The number of piperidine rings is 1. The fraction of sp³-hybridized carbons (Fsp3) is 0.462. The molecule has 0 atom stereocenters. The van der Waals surface area contributed by atoms with Crippen molar-refractivity contribution in [2.75, 3.05) is 20.2 Å². The predicted molar refractivity (Wildman–Crippen MR) is 130 cm³/mol. The molecule has 0 spiro atoms. The van der Waals surface area contributed by atoms with Gasteiger partial charge in [-0.15, -0.1) is 0 Å². The second-order valence-corrected chi connectivity index (χ2v) is 10.5. The van der Waals surface area contributed by atoms with Gasteiger partial charge < -0.3 is 14.4 Å². The number of likely N-dealkylation sites (tertiary alicyclic amines) is 1. The van der Waals surface area contributed by atoms with Crippen molar-refractivity contribution in [3.8, 4) is 5.75 Å². The summed E-state index contributed by atoms with van der Waals surface area (Å²) < 4.78 is 12.4. The number of carbonyl (C=O) groups is 1. The molecule has 2 aliphatic rings. The lowest BCUT2D eigenvalue weighted by Crippen LogP contribution is -2.40. The van der Waals surface area contributed by atoms with Crippen molar-refractivity contribution in [1.29, 1.82) is 0 Å². The van der Waals surface area contributed by atoms with Gasteiger partial charge in [-0.3, -0.25) is 4.98 Å². The molecule has 32 heavy (non-hydrogen) atoms. The first-order valence-corrected chi connectivity index (χ1v) is 12.0. The van der Waals surface area contributed by atoms with Gasteiger partial charge in [0.2, 0.25) is 0 Å². The average molecular weight is 499 g/mol. The van der Waals surface area contributed by atoms with Crippen molar-refractivity contribution < 1.29 is 14.3 Å². The summed E-state index contributed by atoms with van der Waals surface area (Å²) >= 11 is 3.59. The van der Waals surface area contributed by atoms with Crippen LogP contribution >= 0.6 is 15.9 Å². The molecule has 0 unspecified atom stereocenters. The Bertz CT molecular complexity index is 1080. The van der Waals surface area contributed by atoms with E-state index >= 15 is 0 Å². The number of hydrogen-bond acceptors (Lipinski definition) is 4. The van der Waals surface area contributed by atoms with Crippen LogP contribution in [0.3, 0.4) is 0 Å². The third kappa shape index (κ3) is 4.70. The maximum absolute atomic E-state index is 12.6. The molecule has 1 aromatic heterocycles. The molecule has 1 aliphatic heterocycles. The van der Waals surface area contributed by atoms with Crippen LogP contribution in [-0.2, 0) is 17.6 Å². The van der Waals surface area contributed by atoms with Gasteiger partial charge in [-0.2, -0.15) is 0 Å². The highest BCUT2D eigenvalue weighted by Crippen LogP contribution is 2.43. The molecule has 1 aromatic carbocycles. The molecule has 1 fully saturated rings. The molecule has 5 nitrogen and oxygen atoms in total. The molecule has 1 amide bonds. The number of methoxy groups -OCH3 is 1. The Hall–Kier alpha value is -2.34. The number of halogens is 1. The minimum Gasteiger partial charge on any atom is -0.496 e. The van der Waals surface area contributed by atoms with E-state index in [1.807, 2.05) is 31.9 Å². The molecule has 0 radical (unpaired) electrons. The Morgan fingerprint density at radius 3 is 2.41 bits per heavy atom. The minimum atomic E-state index is -0.489. The van der Waals surface area contributed by atoms with Crippen LogP contribution in [0.25, 0.3) is 5.57 Å². The summed E-state index contributed by atoms with van der Waals surface area (Å²) in [5.74, 6) is 0.898. The third-order valence-electron chi connectivity index (χ3n) is 6.00. The van der Waals surface area contributed by atoms with Crippen LogP contribution in [0, 0.1) is 6.92 Å². The molecule has 1 saturated heterocycles. The fourth-order valence-corrected chi connectivity index (χ4v) is 5.01. The molecular weight excluding hydrogens is 468 g/mol. The number of aryl methyl sites for hydroxylation is 3. The number of carbonyl (C=O) groups excluding carboxylic acids is 1. The monoisotopic (exact) mass is 498 g/mol. The van der Waals surface area contributed by atoms with Crippen LogP contribution in [0.5, 0.6) is 5.75 Å². The predicted octanol–water partition coefficient (Wildman–Crippen LogP) is 6.09. The molecule has 2 heterocycles. The zero-order chi connectivity index (χ0) is 23.0. The van der Waals surface area contributed by atoms with Crippen molar-refractivity contribution in [2.24, 2.45) is 0 Å². The van der Waals surface area contributed by atoms with Crippen LogP contribution in [0.4, 0.5) is 4.79 Å². The molecule has 6 heteroatoms. The van der Waals surface area contributed by atoms with Gasteiger partial charge in [0.25, 0.3) is 0 Å². The van der Waals surface area contributed by atoms with Crippen molar-refractivity contribution in [1.82, 2.24) is 9.88 Å². The lowest BCUT2D eigenvalue weighted by molar-refractivity contribution is 0.0236. The summed E-state index contributed by atoms with van der Waals surface area (Å²) in [6, 6.07) is 6.57. The Kier molecular flexibility index (Phi) is 6.35. The summed E-state index contributed by atoms with van der Waals surface area (Å²) in [6.45, 7) is 9.10. The number of amides is 1. The molecule has 0 saturated carbocycles. The second-order valence-electron chi connectivity index (χ2n) is 9.61. The zero-order valence-corrected chi connectivity index (χ0v) is 21.1. The third-order valence-corrected chi connectivity index (χ3v) is 6.44. The van der Waals surface area contributed by atoms with Crippen LogP contribution in [-0.4, -0.2) is 41.8 Å². The number of nitrogens with zero attached hydrogens (tertiary/aromatic N) is 2. The molecule has 2 aromatic rings. The molecular formula is C26H31BrN2O3. The van der Waals surface area contributed by atoms with Crippen LogP contribution in [0.1, 0.15) is 61.6 Å². The molecule has 0 N–H and O–H groups in total. The maximum atomic E-state index is 12.6. The van der Waals surface area contributed by atoms with E-state index in [2.05, 4.69) is 41.1 Å². The van der Waals surface area contributed by atoms with Gasteiger partial charge in [0.05, 0.1) is 12.8 Å². The normalized spacial score (nSPS) is 16.2. The van der Waals surface area contributed by atoms with Crippen molar-refractivity contribution in [2.45, 2.75) is 59.0 Å². The Balaban J connectivity index is 1.78. The smallest absolute Gasteiger partial charge is 0.410 e.